The second-order valence-corrected chi connectivity index (χ2v) is 3.21. The normalized spacial score (nSPS) is 20.9. The SMILES string of the molecule is CC(C1CC1)n1cccc1. The van der Waals surface area contributed by atoms with E-state index in [1.807, 2.05) is 0 Å². The fraction of sp³-hybridized carbons (Fsp3) is 0.556. The van der Waals surface area contributed by atoms with Crippen molar-refractivity contribution in [3.05, 3.63) is 24.5 Å². The second-order valence-electron chi connectivity index (χ2n) is 3.21. The third-order valence-electron chi connectivity index (χ3n) is 2.40. The summed E-state index contributed by atoms with van der Waals surface area (Å²) < 4.78 is 2.30. The molecule has 1 nitrogen and oxygen atoms in total. The summed E-state index contributed by atoms with van der Waals surface area (Å²) in [6, 6.07) is 4.92. The van der Waals surface area contributed by atoms with E-state index in [0.29, 0.717) is 0 Å². The Hall–Kier alpha value is -0.720. The molecule has 54 valence electrons. The predicted octanol–water partition coefficient (Wildman–Crippen LogP) is 2.46. The summed E-state index contributed by atoms with van der Waals surface area (Å²) >= 11 is 0. The first-order valence-corrected chi connectivity index (χ1v) is 4.00. The fourth-order valence-electron chi connectivity index (χ4n) is 1.44. The van der Waals surface area contributed by atoms with Crippen LogP contribution in [0.2, 0.25) is 0 Å². The van der Waals surface area contributed by atoms with E-state index < -0.39 is 0 Å². The van der Waals surface area contributed by atoms with Crippen molar-refractivity contribution >= 4 is 0 Å². The van der Waals surface area contributed by atoms with E-state index in [4.69, 9.17) is 0 Å². The Morgan fingerprint density at radius 1 is 1.30 bits per heavy atom. The Bertz CT molecular complexity index is 197. The van der Waals surface area contributed by atoms with Crippen LogP contribution in [0, 0.1) is 5.92 Å². The minimum atomic E-state index is 0.731. The number of hydrogen-bond acceptors (Lipinski definition) is 0. The van der Waals surface area contributed by atoms with Gasteiger partial charge in [-0.1, -0.05) is 0 Å². The molecule has 2 rings (SSSR count). The molecule has 1 aliphatic rings. The Morgan fingerprint density at radius 3 is 2.40 bits per heavy atom. The minimum Gasteiger partial charge on any atom is -0.351 e. The van der Waals surface area contributed by atoms with Gasteiger partial charge in [-0.05, 0) is 37.8 Å². The highest BCUT2D eigenvalue weighted by atomic mass is 15.0. The lowest BCUT2D eigenvalue weighted by atomic mass is 10.2. The maximum absolute atomic E-state index is 2.30. The van der Waals surface area contributed by atoms with Crippen molar-refractivity contribution in [2.75, 3.05) is 0 Å². The van der Waals surface area contributed by atoms with Crippen LogP contribution in [0.3, 0.4) is 0 Å². The molecule has 0 N–H and O–H groups in total. The molecule has 1 aromatic heterocycles. The van der Waals surface area contributed by atoms with E-state index in [9.17, 15) is 0 Å². The van der Waals surface area contributed by atoms with Gasteiger partial charge in [-0.15, -0.1) is 0 Å². The van der Waals surface area contributed by atoms with Crippen molar-refractivity contribution in [1.82, 2.24) is 4.57 Å². The van der Waals surface area contributed by atoms with Gasteiger partial charge in [-0.3, -0.25) is 0 Å². The molecule has 0 aliphatic heterocycles. The lowest BCUT2D eigenvalue weighted by Gasteiger charge is -2.11. The van der Waals surface area contributed by atoms with Gasteiger partial charge in [0.15, 0.2) is 0 Å². The molecule has 1 aliphatic carbocycles. The fourth-order valence-corrected chi connectivity index (χ4v) is 1.44. The summed E-state index contributed by atoms with van der Waals surface area (Å²) in [7, 11) is 0. The van der Waals surface area contributed by atoms with Gasteiger partial charge < -0.3 is 4.57 Å². The smallest absolute Gasteiger partial charge is 0.0330 e. The first-order valence-electron chi connectivity index (χ1n) is 4.00. The van der Waals surface area contributed by atoms with Crippen molar-refractivity contribution in [3.8, 4) is 0 Å². The highest BCUT2D eigenvalue weighted by Gasteiger charge is 2.28. The maximum atomic E-state index is 2.30. The van der Waals surface area contributed by atoms with Gasteiger partial charge in [-0.25, -0.2) is 0 Å². The number of nitrogens with zero attached hydrogens (tertiary/aromatic N) is 1. The monoisotopic (exact) mass is 135 g/mol. The lowest BCUT2D eigenvalue weighted by molar-refractivity contribution is 0.487. The van der Waals surface area contributed by atoms with Crippen LogP contribution in [0.4, 0.5) is 0 Å². The molecule has 0 radical (unpaired) electrons. The zero-order valence-corrected chi connectivity index (χ0v) is 6.33. The summed E-state index contributed by atoms with van der Waals surface area (Å²) in [6.07, 6.45) is 7.17. The summed E-state index contributed by atoms with van der Waals surface area (Å²) in [5, 5.41) is 0. The zero-order valence-electron chi connectivity index (χ0n) is 6.33. The van der Waals surface area contributed by atoms with Crippen molar-refractivity contribution in [2.45, 2.75) is 25.8 Å². The summed E-state index contributed by atoms with van der Waals surface area (Å²) in [5.41, 5.74) is 0. The molecule has 1 unspecified atom stereocenters. The minimum absolute atomic E-state index is 0.731. The Morgan fingerprint density at radius 2 is 1.90 bits per heavy atom. The van der Waals surface area contributed by atoms with Crippen molar-refractivity contribution in [1.29, 1.82) is 0 Å². The van der Waals surface area contributed by atoms with E-state index in [1.165, 1.54) is 12.8 Å². The third kappa shape index (κ3) is 0.962. The lowest BCUT2D eigenvalue weighted by Crippen LogP contribution is -2.03. The van der Waals surface area contributed by atoms with Gasteiger partial charge >= 0.3 is 0 Å². The van der Waals surface area contributed by atoms with E-state index in [2.05, 4.69) is 36.0 Å². The topological polar surface area (TPSA) is 4.93 Å². The molecule has 0 amide bonds. The first kappa shape index (κ1) is 6.02. The molecular formula is C9H13N. The molecule has 1 fully saturated rings. The highest BCUT2D eigenvalue weighted by Crippen LogP contribution is 2.39. The molecule has 0 bridgehead atoms. The Balaban J connectivity index is 2.11. The molecule has 10 heavy (non-hydrogen) atoms. The summed E-state index contributed by atoms with van der Waals surface area (Å²) in [5.74, 6) is 0.965. The van der Waals surface area contributed by atoms with Crippen LogP contribution in [0.15, 0.2) is 24.5 Å². The molecule has 0 spiro atoms. The van der Waals surface area contributed by atoms with Gasteiger partial charge in [-0.2, -0.15) is 0 Å². The van der Waals surface area contributed by atoms with Crippen LogP contribution in [0.1, 0.15) is 25.8 Å². The van der Waals surface area contributed by atoms with Crippen LogP contribution < -0.4 is 0 Å². The molecule has 1 heterocycles. The van der Waals surface area contributed by atoms with Crippen molar-refractivity contribution in [3.63, 3.8) is 0 Å². The average Bonchev–Trinajstić information content (AvgIpc) is 2.65. The van der Waals surface area contributed by atoms with Gasteiger partial charge in [0.1, 0.15) is 0 Å². The zero-order chi connectivity index (χ0) is 6.97. The number of aromatic nitrogens is 1. The quantitative estimate of drug-likeness (QED) is 0.587. The second kappa shape index (κ2) is 2.15. The van der Waals surface area contributed by atoms with Gasteiger partial charge in [0, 0.05) is 18.4 Å². The number of rotatable bonds is 2. The van der Waals surface area contributed by atoms with E-state index in [1.54, 1.807) is 0 Å². The van der Waals surface area contributed by atoms with Gasteiger partial charge in [0.05, 0.1) is 0 Å². The highest BCUT2D eigenvalue weighted by molar-refractivity contribution is 4.95. The first-order chi connectivity index (χ1) is 4.88. The van der Waals surface area contributed by atoms with E-state index in [0.717, 1.165) is 12.0 Å². The summed E-state index contributed by atoms with van der Waals surface area (Å²) in [4.78, 5) is 0. The Labute approximate surface area is 61.7 Å². The molecule has 0 aromatic carbocycles. The molecule has 1 saturated carbocycles. The van der Waals surface area contributed by atoms with E-state index in [-0.39, 0.29) is 0 Å². The molecule has 1 atom stereocenters. The number of hydrogen-bond donors (Lipinski definition) is 0. The van der Waals surface area contributed by atoms with E-state index >= 15 is 0 Å². The van der Waals surface area contributed by atoms with Crippen LogP contribution in [-0.4, -0.2) is 4.57 Å². The van der Waals surface area contributed by atoms with Crippen LogP contribution in [-0.2, 0) is 0 Å². The van der Waals surface area contributed by atoms with Crippen LogP contribution >= 0.6 is 0 Å². The largest absolute Gasteiger partial charge is 0.351 e. The van der Waals surface area contributed by atoms with Crippen molar-refractivity contribution in [2.24, 2.45) is 5.92 Å². The van der Waals surface area contributed by atoms with Crippen LogP contribution in [0.25, 0.3) is 0 Å². The molecule has 0 saturated heterocycles. The summed E-state index contributed by atoms with van der Waals surface area (Å²) in [6.45, 7) is 2.30. The van der Waals surface area contributed by atoms with Crippen molar-refractivity contribution < 1.29 is 0 Å². The Kier molecular flexibility index (Phi) is 1.30. The van der Waals surface area contributed by atoms with Gasteiger partial charge in [0.25, 0.3) is 0 Å². The standard InChI is InChI=1S/C9H13N/c1-8(9-4-5-9)10-6-2-3-7-10/h2-3,6-9H,4-5H2,1H3. The molecular weight excluding hydrogens is 122 g/mol. The van der Waals surface area contributed by atoms with Crippen LogP contribution in [0.5, 0.6) is 0 Å². The molecule has 1 heteroatoms. The maximum Gasteiger partial charge on any atom is 0.0330 e. The van der Waals surface area contributed by atoms with Gasteiger partial charge in [0.2, 0.25) is 0 Å². The molecule has 1 aromatic rings. The third-order valence-corrected chi connectivity index (χ3v) is 2.40. The average molecular weight is 135 g/mol. The predicted molar refractivity (Wildman–Crippen MR) is 41.9 cm³/mol.